The molecule has 1 aliphatic heterocycles. The number of nitrogens with zero attached hydrogens (tertiary/aromatic N) is 1. The van der Waals surface area contributed by atoms with Gasteiger partial charge in [-0.05, 0) is 31.5 Å². The number of carboxylic acids is 1. The van der Waals surface area contributed by atoms with Gasteiger partial charge in [0.05, 0.1) is 6.04 Å². The van der Waals surface area contributed by atoms with Gasteiger partial charge in [0.15, 0.2) is 12.3 Å². The Morgan fingerprint density at radius 3 is 2.56 bits per heavy atom. The maximum Gasteiger partial charge on any atom is 0.330 e. The van der Waals surface area contributed by atoms with E-state index in [9.17, 15) is 39.6 Å². The number of aromatic hydroxyl groups is 1. The molecule has 1 aliphatic rings. The number of phenolic OH excluding ortho intramolecular Hbond substituents is 1. The summed E-state index contributed by atoms with van der Waals surface area (Å²) >= 11 is 1.31. The number of H-pyrrole nitrogens is 1. The molecule has 0 radical (unpaired) electrons. The number of carbonyl (C=O) groups is 2. The number of benzene rings is 1. The van der Waals surface area contributed by atoms with E-state index in [1.807, 2.05) is 4.98 Å². The summed E-state index contributed by atoms with van der Waals surface area (Å²) in [5, 5.41) is 42.5. The number of hydrogen-bond acceptors (Lipinski definition) is 10. The first-order valence-corrected chi connectivity index (χ1v) is 11.8. The Balaban J connectivity index is 1.72. The van der Waals surface area contributed by atoms with Crippen LogP contribution in [0, 0.1) is 0 Å². The van der Waals surface area contributed by atoms with Gasteiger partial charge < -0.3 is 36.2 Å². The van der Waals surface area contributed by atoms with Crippen LogP contribution in [-0.2, 0) is 20.1 Å². The number of thioether (sulfide) groups is 1. The van der Waals surface area contributed by atoms with Gasteiger partial charge in [-0.1, -0.05) is 12.1 Å². The first-order valence-electron chi connectivity index (χ1n) is 10.9. The van der Waals surface area contributed by atoms with Gasteiger partial charge in [0.1, 0.15) is 24.1 Å². The fourth-order valence-corrected chi connectivity index (χ4v) is 4.67. The van der Waals surface area contributed by atoms with Gasteiger partial charge in [-0.3, -0.25) is 19.1 Å². The molecule has 0 aliphatic carbocycles. The molecule has 1 fully saturated rings. The SMILES string of the molecule is CC(C)(SCc1cccc(O)c1)[C@H](N)C(=O)N[C@H](C(=O)O)[C@H]1O[C@@H](n2ccc(=O)[nH]c2=O)[C@H](O)[C@@H]1O. The van der Waals surface area contributed by atoms with Crippen molar-refractivity contribution in [3.63, 3.8) is 0 Å². The van der Waals surface area contributed by atoms with Crippen LogP contribution < -0.4 is 22.3 Å². The van der Waals surface area contributed by atoms with Crippen LogP contribution in [0.1, 0.15) is 25.6 Å². The highest BCUT2D eigenvalue weighted by molar-refractivity contribution is 7.99. The number of hydrogen-bond donors (Lipinski definition) is 7. The van der Waals surface area contributed by atoms with Crippen molar-refractivity contribution in [1.82, 2.24) is 14.9 Å². The maximum absolute atomic E-state index is 12.9. The van der Waals surface area contributed by atoms with Crippen LogP contribution in [0.3, 0.4) is 0 Å². The van der Waals surface area contributed by atoms with Crippen molar-refractivity contribution in [2.24, 2.45) is 5.73 Å². The first kappa shape index (κ1) is 27.4. The second kappa shape index (κ2) is 10.8. The third-order valence-corrected chi connectivity index (χ3v) is 7.32. The van der Waals surface area contributed by atoms with Crippen molar-refractivity contribution < 1.29 is 34.8 Å². The van der Waals surface area contributed by atoms with E-state index in [0.717, 1.165) is 22.4 Å². The monoisotopic (exact) mass is 524 g/mol. The molecule has 36 heavy (non-hydrogen) atoms. The van der Waals surface area contributed by atoms with Crippen LogP contribution in [0.25, 0.3) is 0 Å². The Kier molecular flexibility index (Phi) is 8.26. The van der Waals surface area contributed by atoms with Gasteiger partial charge in [0, 0.05) is 22.8 Å². The van der Waals surface area contributed by atoms with Crippen molar-refractivity contribution in [1.29, 1.82) is 0 Å². The van der Waals surface area contributed by atoms with E-state index >= 15 is 0 Å². The maximum atomic E-state index is 12.9. The molecule has 1 aromatic heterocycles. The van der Waals surface area contributed by atoms with Crippen LogP contribution in [0.15, 0.2) is 46.1 Å². The molecule has 0 unspecified atom stereocenters. The Bertz CT molecular complexity index is 1230. The van der Waals surface area contributed by atoms with Gasteiger partial charge >= 0.3 is 11.7 Å². The number of amides is 1. The summed E-state index contributed by atoms with van der Waals surface area (Å²) in [6, 6.07) is 4.55. The highest BCUT2D eigenvalue weighted by atomic mass is 32.2. The number of ether oxygens (including phenoxy) is 1. The lowest BCUT2D eigenvalue weighted by atomic mass is 10.00. The topological polar surface area (TPSA) is 217 Å². The molecule has 196 valence electrons. The number of aromatic nitrogens is 2. The number of aliphatic carboxylic acids is 1. The number of phenols is 1. The number of carboxylic acid groups (broad SMARTS) is 1. The number of rotatable bonds is 9. The van der Waals surface area contributed by atoms with E-state index in [1.165, 1.54) is 17.8 Å². The molecule has 0 spiro atoms. The largest absolute Gasteiger partial charge is 0.508 e. The zero-order valence-electron chi connectivity index (χ0n) is 19.4. The lowest BCUT2D eigenvalue weighted by Gasteiger charge is -2.32. The minimum atomic E-state index is -1.82. The highest BCUT2D eigenvalue weighted by Gasteiger charge is 2.50. The highest BCUT2D eigenvalue weighted by Crippen LogP contribution is 2.33. The molecule has 6 atom stereocenters. The molecule has 2 aromatic rings. The smallest absolute Gasteiger partial charge is 0.330 e. The van der Waals surface area contributed by atoms with E-state index < -0.39 is 64.5 Å². The van der Waals surface area contributed by atoms with Crippen molar-refractivity contribution in [2.75, 3.05) is 0 Å². The Hall–Kier alpha value is -3.17. The molecule has 1 amide bonds. The summed E-state index contributed by atoms with van der Waals surface area (Å²) in [6.45, 7) is 3.40. The van der Waals surface area contributed by atoms with Crippen molar-refractivity contribution >= 4 is 23.6 Å². The standard InChI is InChI=1S/C22H28N4O9S/c1-22(2,36-9-10-4-3-5-11(27)8-10)17(23)18(31)25-13(20(32)33)16-14(29)15(30)19(35-16)26-7-6-12(28)24-21(26)34/h3-8,13-17,19,27,29-30H,9,23H2,1-2H3,(H,25,31)(H,32,33)(H,24,28,34)/t13-,14-,15+,16+,17+,19+/m0/s1. The second-order valence-corrected chi connectivity index (χ2v) is 10.5. The van der Waals surface area contributed by atoms with Gasteiger partial charge in [-0.25, -0.2) is 9.59 Å². The number of aliphatic hydroxyl groups excluding tert-OH is 2. The summed E-state index contributed by atoms with van der Waals surface area (Å²) in [7, 11) is 0. The van der Waals surface area contributed by atoms with Gasteiger partial charge in [0.25, 0.3) is 5.56 Å². The quantitative estimate of drug-likeness (QED) is 0.200. The summed E-state index contributed by atoms with van der Waals surface area (Å²) in [6.07, 6.45) is -5.66. The van der Waals surface area contributed by atoms with Crippen LogP contribution in [0.2, 0.25) is 0 Å². The minimum Gasteiger partial charge on any atom is -0.508 e. The molecular weight excluding hydrogens is 496 g/mol. The van der Waals surface area contributed by atoms with E-state index in [0.29, 0.717) is 5.75 Å². The van der Waals surface area contributed by atoms with Gasteiger partial charge in [-0.15, -0.1) is 11.8 Å². The lowest BCUT2D eigenvalue weighted by molar-refractivity contribution is -0.149. The predicted molar refractivity (Wildman–Crippen MR) is 128 cm³/mol. The number of nitrogens with two attached hydrogens (primary N) is 1. The lowest BCUT2D eigenvalue weighted by Crippen LogP contribution is -2.59. The van der Waals surface area contributed by atoms with Crippen LogP contribution in [0.5, 0.6) is 5.75 Å². The van der Waals surface area contributed by atoms with E-state index in [2.05, 4.69) is 5.32 Å². The third kappa shape index (κ3) is 5.96. The van der Waals surface area contributed by atoms with Crippen LogP contribution in [-0.4, -0.2) is 77.0 Å². The summed E-state index contributed by atoms with van der Waals surface area (Å²) in [4.78, 5) is 50.2. The molecule has 8 N–H and O–H groups in total. The fraction of sp³-hybridized carbons (Fsp3) is 0.455. The van der Waals surface area contributed by atoms with E-state index in [4.69, 9.17) is 10.5 Å². The van der Waals surface area contributed by atoms with Crippen molar-refractivity contribution in [3.8, 4) is 5.75 Å². The van der Waals surface area contributed by atoms with E-state index in [-0.39, 0.29) is 5.75 Å². The number of aromatic amines is 1. The number of nitrogens with one attached hydrogen (secondary N) is 2. The van der Waals surface area contributed by atoms with Gasteiger partial charge in [0.2, 0.25) is 5.91 Å². The Labute approximate surface area is 208 Å². The minimum absolute atomic E-state index is 0.0944. The molecule has 2 heterocycles. The average Bonchev–Trinajstić information content (AvgIpc) is 3.09. The molecule has 0 bridgehead atoms. The van der Waals surface area contributed by atoms with Crippen LogP contribution in [0.4, 0.5) is 0 Å². The Morgan fingerprint density at radius 1 is 1.25 bits per heavy atom. The zero-order valence-corrected chi connectivity index (χ0v) is 20.2. The van der Waals surface area contributed by atoms with Crippen molar-refractivity contribution in [3.05, 3.63) is 62.9 Å². The predicted octanol–water partition coefficient (Wildman–Crippen LogP) is -1.53. The number of aliphatic hydroxyl groups is 2. The summed E-state index contributed by atoms with van der Waals surface area (Å²) < 4.78 is 5.39. The first-order chi connectivity index (χ1) is 16.8. The summed E-state index contributed by atoms with van der Waals surface area (Å²) in [5.74, 6) is -1.90. The Morgan fingerprint density at radius 2 is 1.94 bits per heavy atom. The fourth-order valence-electron chi connectivity index (χ4n) is 3.67. The molecule has 1 saturated heterocycles. The van der Waals surface area contributed by atoms with E-state index in [1.54, 1.807) is 32.0 Å². The molecule has 3 rings (SSSR count). The molecule has 1 aromatic carbocycles. The third-order valence-electron chi connectivity index (χ3n) is 5.85. The molecular formula is C22H28N4O9S. The number of carbonyl (C=O) groups excluding carboxylic acids is 1. The zero-order chi connectivity index (χ0) is 26.8. The van der Waals surface area contributed by atoms with Crippen molar-refractivity contribution in [2.45, 2.75) is 61.0 Å². The normalized spacial score (nSPS) is 23.7. The molecule has 14 heteroatoms. The van der Waals surface area contributed by atoms with Gasteiger partial charge in [-0.2, -0.15) is 0 Å². The van der Waals surface area contributed by atoms with Crippen LogP contribution >= 0.6 is 11.8 Å². The summed E-state index contributed by atoms with van der Waals surface area (Å²) in [5.41, 5.74) is 5.30. The second-order valence-electron chi connectivity index (χ2n) is 8.85. The molecule has 0 saturated carbocycles. The average molecular weight is 525 g/mol. The molecule has 13 nitrogen and oxygen atoms in total.